The van der Waals surface area contributed by atoms with E-state index >= 15 is 0 Å². The number of methoxy groups -OCH3 is 1. The van der Waals surface area contributed by atoms with Crippen LogP contribution in [0.2, 0.25) is 0 Å². The third-order valence-electron chi connectivity index (χ3n) is 1.36. The third-order valence-corrected chi connectivity index (χ3v) is 1.36. The molecule has 0 aliphatic heterocycles. The maximum absolute atomic E-state index is 5.18. The lowest BCUT2D eigenvalue weighted by atomic mass is 10.3. The van der Waals surface area contributed by atoms with E-state index in [0.717, 1.165) is 12.1 Å². The van der Waals surface area contributed by atoms with E-state index in [1.54, 1.807) is 12.2 Å². The van der Waals surface area contributed by atoms with E-state index in [4.69, 9.17) is 9.57 Å². The van der Waals surface area contributed by atoms with Crippen molar-refractivity contribution in [3.8, 4) is 0 Å². The van der Waals surface area contributed by atoms with E-state index in [2.05, 4.69) is 6.58 Å². The summed E-state index contributed by atoms with van der Waals surface area (Å²) in [5.74, 6) is 0. The molecule has 0 amide bonds. The zero-order valence-corrected chi connectivity index (χ0v) is 7.59. The summed E-state index contributed by atoms with van der Waals surface area (Å²) >= 11 is 0. The Morgan fingerprint density at radius 2 is 2.18 bits per heavy atom. The number of ether oxygens (including phenoxy) is 1. The van der Waals surface area contributed by atoms with Crippen LogP contribution in [0.5, 0.6) is 0 Å². The second-order valence-electron chi connectivity index (χ2n) is 2.22. The first kappa shape index (κ1) is 10.5. The van der Waals surface area contributed by atoms with Crippen molar-refractivity contribution >= 4 is 0 Å². The molecule has 3 heteroatoms. The maximum atomic E-state index is 5.18. The summed E-state index contributed by atoms with van der Waals surface area (Å²) in [6, 6.07) is 0. The van der Waals surface area contributed by atoms with Crippen LogP contribution in [0.15, 0.2) is 12.3 Å². The molecule has 0 aromatic carbocycles. The predicted molar refractivity (Wildman–Crippen MR) is 45.0 cm³/mol. The van der Waals surface area contributed by atoms with Gasteiger partial charge in [-0.2, -0.15) is 0 Å². The first-order valence-corrected chi connectivity index (χ1v) is 3.75. The Morgan fingerprint density at radius 1 is 1.55 bits per heavy atom. The highest BCUT2D eigenvalue weighted by molar-refractivity contribution is 4.88. The minimum atomic E-state index is 0.669. The molecule has 0 saturated carbocycles. The van der Waals surface area contributed by atoms with Gasteiger partial charge in [0.25, 0.3) is 0 Å². The molecule has 0 saturated heterocycles. The van der Waals surface area contributed by atoms with Crippen LogP contribution in [0.3, 0.4) is 0 Å². The van der Waals surface area contributed by atoms with Crippen molar-refractivity contribution in [1.82, 2.24) is 5.06 Å². The number of nitrogens with zero attached hydrogens (tertiary/aromatic N) is 1. The van der Waals surface area contributed by atoms with Crippen molar-refractivity contribution in [1.29, 1.82) is 0 Å². The largest absolute Gasteiger partial charge is 0.384 e. The van der Waals surface area contributed by atoms with Crippen molar-refractivity contribution in [2.45, 2.75) is 13.3 Å². The molecule has 66 valence electrons. The van der Waals surface area contributed by atoms with Gasteiger partial charge >= 0.3 is 0 Å². The molecule has 0 unspecified atom stereocenters. The van der Waals surface area contributed by atoms with Crippen LogP contribution in [0.1, 0.15) is 13.3 Å². The van der Waals surface area contributed by atoms with Gasteiger partial charge in [-0.3, -0.25) is 9.90 Å². The van der Waals surface area contributed by atoms with Crippen molar-refractivity contribution in [3.63, 3.8) is 0 Å². The summed E-state index contributed by atoms with van der Waals surface area (Å²) in [4.78, 5) is 5.18. The van der Waals surface area contributed by atoms with Gasteiger partial charge in [0.15, 0.2) is 0 Å². The average molecular weight is 159 g/mol. The van der Waals surface area contributed by atoms with Gasteiger partial charge in [-0.05, 0) is 6.92 Å². The Kier molecular flexibility index (Phi) is 5.88. The van der Waals surface area contributed by atoms with E-state index in [1.807, 2.05) is 14.0 Å². The quantitative estimate of drug-likeness (QED) is 0.547. The van der Waals surface area contributed by atoms with Crippen molar-refractivity contribution in [2.75, 3.05) is 27.4 Å². The van der Waals surface area contributed by atoms with Crippen LogP contribution in [0.25, 0.3) is 0 Å². The SMILES string of the molecule is C=C(CCOC)N(C)OCC. The molecule has 0 aromatic heterocycles. The molecule has 11 heavy (non-hydrogen) atoms. The molecular weight excluding hydrogens is 142 g/mol. The summed E-state index contributed by atoms with van der Waals surface area (Å²) in [7, 11) is 3.52. The van der Waals surface area contributed by atoms with Gasteiger partial charge < -0.3 is 4.74 Å². The monoisotopic (exact) mass is 159 g/mol. The molecule has 3 nitrogen and oxygen atoms in total. The lowest BCUT2D eigenvalue weighted by Crippen LogP contribution is -2.18. The molecule has 0 aliphatic carbocycles. The number of hydroxylamine groups is 2. The number of rotatable bonds is 6. The van der Waals surface area contributed by atoms with E-state index < -0.39 is 0 Å². The van der Waals surface area contributed by atoms with E-state index in [1.165, 1.54) is 0 Å². The Morgan fingerprint density at radius 3 is 2.64 bits per heavy atom. The van der Waals surface area contributed by atoms with E-state index in [9.17, 15) is 0 Å². The lowest BCUT2D eigenvalue weighted by molar-refractivity contribution is -0.108. The van der Waals surface area contributed by atoms with Gasteiger partial charge in [0.2, 0.25) is 0 Å². The Labute approximate surface area is 68.5 Å². The third kappa shape index (κ3) is 4.81. The highest BCUT2D eigenvalue weighted by Gasteiger charge is 1.99. The van der Waals surface area contributed by atoms with Gasteiger partial charge in [-0.15, -0.1) is 0 Å². The molecule has 0 bridgehead atoms. The van der Waals surface area contributed by atoms with Gasteiger partial charge in [0, 0.05) is 26.3 Å². The molecule has 0 atom stereocenters. The molecule has 0 aliphatic rings. The molecule has 0 spiro atoms. The highest BCUT2D eigenvalue weighted by atomic mass is 16.7. The molecule has 0 fully saturated rings. The smallest absolute Gasteiger partial charge is 0.0720 e. The van der Waals surface area contributed by atoms with E-state index in [0.29, 0.717) is 13.2 Å². The topological polar surface area (TPSA) is 21.7 Å². The van der Waals surface area contributed by atoms with Gasteiger partial charge in [0.1, 0.15) is 0 Å². The van der Waals surface area contributed by atoms with Crippen LogP contribution in [-0.4, -0.2) is 32.4 Å². The fraction of sp³-hybridized carbons (Fsp3) is 0.750. The van der Waals surface area contributed by atoms with Crippen LogP contribution in [0.4, 0.5) is 0 Å². The van der Waals surface area contributed by atoms with Crippen LogP contribution in [-0.2, 0) is 9.57 Å². The first-order chi connectivity index (χ1) is 5.22. The highest BCUT2D eigenvalue weighted by Crippen LogP contribution is 2.03. The van der Waals surface area contributed by atoms with Gasteiger partial charge in [0.05, 0.1) is 13.2 Å². The lowest BCUT2D eigenvalue weighted by Gasteiger charge is -2.19. The Bertz CT molecular complexity index is 115. The summed E-state index contributed by atoms with van der Waals surface area (Å²) < 4.78 is 4.90. The summed E-state index contributed by atoms with van der Waals surface area (Å²) in [6.07, 6.45) is 0.812. The fourth-order valence-electron chi connectivity index (χ4n) is 0.662. The summed E-state index contributed by atoms with van der Waals surface area (Å²) in [5.41, 5.74) is 0.939. The second-order valence-corrected chi connectivity index (χ2v) is 2.22. The fourth-order valence-corrected chi connectivity index (χ4v) is 0.662. The number of hydrogen-bond acceptors (Lipinski definition) is 3. The normalized spacial score (nSPS) is 9.73. The zero-order valence-electron chi connectivity index (χ0n) is 7.59. The minimum absolute atomic E-state index is 0.669. The van der Waals surface area contributed by atoms with Crippen LogP contribution < -0.4 is 0 Å². The number of hydrogen-bond donors (Lipinski definition) is 0. The molecule has 0 aromatic rings. The summed E-state index contributed by atoms with van der Waals surface area (Å²) in [6.45, 7) is 7.14. The molecule has 0 radical (unpaired) electrons. The Balaban J connectivity index is 3.47. The van der Waals surface area contributed by atoms with Gasteiger partial charge in [-0.1, -0.05) is 6.58 Å². The van der Waals surface area contributed by atoms with Crippen LogP contribution >= 0.6 is 0 Å². The molecule has 0 N–H and O–H groups in total. The molecule has 0 rings (SSSR count). The minimum Gasteiger partial charge on any atom is -0.384 e. The predicted octanol–water partition coefficient (Wildman–Crippen LogP) is 1.42. The first-order valence-electron chi connectivity index (χ1n) is 3.75. The van der Waals surface area contributed by atoms with E-state index in [-0.39, 0.29) is 0 Å². The molecular formula is C8H17NO2. The van der Waals surface area contributed by atoms with Gasteiger partial charge in [-0.25, -0.2) is 0 Å². The maximum Gasteiger partial charge on any atom is 0.0720 e. The second kappa shape index (κ2) is 6.19. The van der Waals surface area contributed by atoms with Crippen molar-refractivity contribution in [2.24, 2.45) is 0 Å². The Hall–Kier alpha value is -0.540. The standard InChI is InChI=1S/C8H17NO2/c1-5-11-9(3)8(2)6-7-10-4/h2,5-7H2,1,3-4H3. The average Bonchev–Trinajstić information content (AvgIpc) is 2.00. The van der Waals surface area contributed by atoms with Crippen molar-refractivity contribution in [3.05, 3.63) is 12.3 Å². The summed E-state index contributed by atoms with van der Waals surface area (Å²) in [5, 5.41) is 1.68. The van der Waals surface area contributed by atoms with Crippen LogP contribution in [0, 0.1) is 0 Å². The van der Waals surface area contributed by atoms with Crippen molar-refractivity contribution < 1.29 is 9.57 Å². The molecule has 0 heterocycles. The zero-order chi connectivity index (χ0) is 8.69.